The number of carbonyl (C=O) groups excluding carboxylic acids is 1. The van der Waals surface area contributed by atoms with Crippen molar-refractivity contribution in [2.45, 2.75) is 65.5 Å². The molecule has 2 bridgehead atoms. The Bertz CT molecular complexity index is 854. The Balaban J connectivity index is 1.75. The van der Waals surface area contributed by atoms with E-state index in [1.54, 1.807) is 4.68 Å². The van der Waals surface area contributed by atoms with Gasteiger partial charge in [0.15, 0.2) is 0 Å². The van der Waals surface area contributed by atoms with E-state index >= 15 is 0 Å². The fourth-order valence-electron chi connectivity index (χ4n) is 4.07. The molecule has 32 heavy (non-hydrogen) atoms. The Morgan fingerprint density at radius 2 is 2.06 bits per heavy atom. The second-order valence-corrected chi connectivity index (χ2v) is 9.16. The number of aromatic nitrogens is 3. The van der Waals surface area contributed by atoms with Crippen molar-refractivity contribution < 1.29 is 14.6 Å². The fourth-order valence-corrected chi connectivity index (χ4v) is 4.07. The quantitative estimate of drug-likeness (QED) is 0.737. The molecule has 2 aromatic rings. The van der Waals surface area contributed by atoms with Gasteiger partial charge in [-0.25, -0.2) is 0 Å². The van der Waals surface area contributed by atoms with Crippen LogP contribution in [0.15, 0.2) is 30.5 Å². The minimum absolute atomic E-state index is 0.0522. The smallest absolute Gasteiger partial charge is 0.222 e. The summed E-state index contributed by atoms with van der Waals surface area (Å²) in [5, 5.41) is 18.1. The second-order valence-electron chi connectivity index (χ2n) is 9.16. The van der Waals surface area contributed by atoms with Gasteiger partial charge in [-0.3, -0.25) is 14.4 Å². The van der Waals surface area contributed by atoms with Crippen LogP contribution in [-0.4, -0.2) is 74.7 Å². The molecular weight excluding hydrogens is 406 g/mol. The lowest BCUT2D eigenvalue weighted by molar-refractivity contribution is -0.136. The highest BCUT2D eigenvalue weighted by molar-refractivity contribution is 5.76. The Morgan fingerprint density at radius 1 is 1.31 bits per heavy atom. The van der Waals surface area contributed by atoms with Crippen molar-refractivity contribution in [3.05, 3.63) is 47.3 Å². The van der Waals surface area contributed by atoms with Crippen molar-refractivity contribution in [3.8, 4) is 0 Å². The number of carbonyl (C=O) groups is 1. The molecule has 0 fully saturated rings. The second kappa shape index (κ2) is 11.5. The summed E-state index contributed by atoms with van der Waals surface area (Å²) in [6, 6.07) is 8.34. The topological polar surface area (TPSA) is 83.7 Å². The maximum atomic E-state index is 12.9. The van der Waals surface area contributed by atoms with E-state index in [1.165, 1.54) is 11.1 Å². The van der Waals surface area contributed by atoms with Crippen LogP contribution < -0.4 is 0 Å². The Morgan fingerprint density at radius 3 is 2.78 bits per heavy atom. The molecule has 0 unspecified atom stereocenters. The molecule has 1 amide bonds. The number of rotatable bonds is 6. The predicted octanol–water partition coefficient (Wildman–Crippen LogP) is 2.24. The number of benzene rings is 1. The van der Waals surface area contributed by atoms with Crippen molar-refractivity contribution in [2.75, 3.05) is 26.7 Å². The molecule has 0 spiro atoms. The minimum Gasteiger partial charge on any atom is -0.394 e. The van der Waals surface area contributed by atoms with Crippen LogP contribution in [0.25, 0.3) is 0 Å². The molecule has 2 heterocycles. The monoisotopic (exact) mass is 443 g/mol. The molecule has 3 atom stereocenters. The first kappa shape index (κ1) is 24.4. The number of fused-ring (bicyclic) bond motifs is 2. The molecule has 1 aliphatic rings. The molecular formula is C24H37N5O3. The number of ether oxygens (including phenoxy) is 1. The van der Waals surface area contributed by atoms with Crippen LogP contribution in [0.5, 0.6) is 0 Å². The zero-order valence-electron chi connectivity index (χ0n) is 19.8. The van der Waals surface area contributed by atoms with Crippen LogP contribution in [0.4, 0.5) is 0 Å². The third-order valence-electron chi connectivity index (χ3n) is 6.11. The molecule has 8 nitrogen and oxygen atoms in total. The molecule has 3 rings (SSSR count). The van der Waals surface area contributed by atoms with E-state index in [-0.39, 0.29) is 30.6 Å². The van der Waals surface area contributed by atoms with Crippen molar-refractivity contribution in [3.63, 3.8) is 0 Å². The number of aryl methyl sites for hydroxylation is 2. The van der Waals surface area contributed by atoms with Gasteiger partial charge in [-0.05, 0) is 32.9 Å². The number of likely N-dealkylation sites (N-methyl/N-ethyl adjacent to an activating group) is 1. The average Bonchev–Trinajstić information content (AvgIpc) is 3.23. The molecule has 0 saturated carbocycles. The van der Waals surface area contributed by atoms with Gasteiger partial charge in [0, 0.05) is 38.5 Å². The van der Waals surface area contributed by atoms with Crippen LogP contribution in [0.2, 0.25) is 0 Å². The first-order valence-electron chi connectivity index (χ1n) is 11.5. The predicted molar refractivity (Wildman–Crippen MR) is 123 cm³/mol. The molecule has 8 heteroatoms. The van der Waals surface area contributed by atoms with Crippen LogP contribution in [0.3, 0.4) is 0 Å². The molecule has 1 aromatic heterocycles. The van der Waals surface area contributed by atoms with E-state index in [0.29, 0.717) is 32.5 Å². The van der Waals surface area contributed by atoms with Crippen LogP contribution >= 0.6 is 0 Å². The summed E-state index contributed by atoms with van der Waals surface area (Å²) in [4.78, 5) is 17.0. The van der Waals surface area contributed by atoms with E-state index < -0.39 is 0 Å². The highest BCUT2D eigenvalue weighted by Crippen LogP contribution is 2.18. The fraction of sp³-hybridized carbons (Fsp3) is 0.625. The van der Waals surface area contributed by atoms with Crippen molar-refractivity contribution in [1.29, 1.82) is 0 Å². The van der Waals surface area contributed by atoms with Gasteiger partial charge in [0.2, 0.25) is 5.91 Å². The maximum Gasteiger partial charge on any atom is 0.222 e. The van der Waals surface area contributed by atoms with E-state index in [4.69, 9.17) is 4.74 Å². The minimum atomic E-state index is -0.224. The molecule has 0 radical (unpaired) electrons. The normalized spacial score (nSPS) is 21.7. The molecule has 0 aliphatic carbocycles. The molecule has 176 valence electrons. The third kappa shape index (κ3) is 6.85. The van der Waals surface area contributed by atoms with E-state index in [1.807, 2.05) is 18.0 Å². The Hall–Kier alpha value is -2.29. The summed E-state index contributed by atoms with van der Waals surface area (Å²) in [5.41, 5.74) is 3.30. The number of hydrogen-bond acceptors (Lipinski definition) is 6. The van der Waals surface area contributed by atoms with Crippen molar-refractivity contribution >= 4 is 5.91 Å². The van der Waals surface area contributed by atoms with Gasteiger partial charge >= 0.3 is 0 Å². The van der Waals surface area contributed by atoms with Crippen molar-refractivity contribution in [1.82, 2.24) is 24.8 Å². The number of nitrogens with zero attached hydrogens (tertiary/aromatic N) is 5. The summed E-state index contributed by atoms with van der Waals surface area (Å²) in [7, 11) is 2.09. The maximum absolute atomic E-state index is 12.9. The van der Waals surface area contributed by atoms with Crippen LogP contribution in [0, 0.1) is 12.8 Å². The SMILES string of the molecule is Cc1ccc(CN(C)C[C@@H]2OCc3cn(nn3)CCCC(=O)N([C@H](C)CO)C[C@@H]2C)cc1. The lowest BCUT2D eigenvalue weighted by Crippen LogP contribution is -2.47. The van der Waals surface area contributed by atoms with Gasteiger partial charge in [-0.1, -0.05) is 42.0 Å². The zero-order valence-corrected chi connectivity index (χ0v) is 19.8. The summed E-state index contributed by atoms with van der Waals surface area (Å²) >= 11 is 0. The van der Waals surface area contributed by atoms with Crippen LogP contribution in [0.1, 0.15) is 43.5 Å². The largest absolute Gasteiger partial charge is 0.394 e. The van der Waals surface area contributed by atoms with Gasteiger partial charge in [0.25, 0.3) is 0 Å². The Kier molecular flexibility index (Phi) is 8.78. The first-order chi connectivity index (χ1) is 15.4. The van der Waals surface area contributed by atoms with Gasteiger partial charge in [-0.15, -0.1) is 5.10 Å². The number of aliphatic hydroxyl groups excluding tert-OH is 1. The third-order valence-corrected chi connectivity index (χ3v) is 6.11. The summed E-state index contributed by atoms with van der Waals surface area (Å²) in [5.74, 6) is 0.147. The molecule has 1 N–H and O–H groups in total. The van der Waals surface area contributed by atoms with Gasteiger partial charge in [0.05, 0.1) is 31.6 Å². The lowest BCUT2D eigenvalue weighted by atomic mass is 10.0. The summed E-state index contributed by atoms with van der Waals surface area (Å²) < 4.78 is 8.10. The molecule has 1 aliphatic heterocycles. The highest BCUT2D eigenvalue weighted by atomic mass is 16.5. The number of aliphatic hydroxyl groups is 1. The lowest BCUT2D eigenvalue weighted by Gasteiger charge is -2.35. The van der Waals surface area contributed by atoms with E-state index in [9.17, 15) is 9.90 Å². The average molecular weight is 444 g/mol. The van der Waals surface area contributed by atoms with E-state index in [2.05, 4.69) is 60.4 Å². The first-order valence-corrected chi connectivity index (χ1v) is 11.5. The molecule has 1 aromatic carbocycles. The zero-order chi connectivity index (χ0) is 23.1. The summed E-state index contributed by atoms with van der Waals surface area (Å²) in [6.45, 7) is 9.16. The molecule has 0 saturated heterocycles. The van der Waals surface area contributed by atoms with Crippen molar-refractivity contribution in [2.24, 2.45) is 5.92 Å². The number of amides is 1. The number of hydrogen-bond donors (Lipinski definition) is 1. The van der Waals surface area contributed by atoms with Gasteiger partial charge < -0.3 is 14.7 Å². The Labute approximate surface area is 191 Å². The highest BCUT2D eigenvalue weighted by Gasteiger charge is 2.28. The van der Waals surface area contributed by atoms with Gasteiger partial charge in [-0.2, -0.15) is 0 Å². The standard InChI is InChI=1S/C24H37N5O3/c1-18-7-9-21(10-8-18)13-27(4)15-23-19(2)12-29(20(3)16-30)24(31)6-5-11-28-14-22(17-32-23)25-26-28/h7-10,14,19-20,23,30H,5-6,11-13,15-17H2,1-4H3/t19-,20+,23-/m0/s1. The summed E-state index contributed by atoms with van der Waals surface area (Å²) in [6.07, 6.45) is 2.91. The van der Waals surface area contributed by atoms with Gasteiger partial charge in [0.1, 0.15) is 5.69 Å². The van der Waals surface area contributed by atoms with E-state index in [0.717, 1.165) is 18.8 Å². The van der Waals surface area contributed by atoms with Crippen LogP contribution in [-0.2, 0) is 29.2 Å².